The van der Waals surface area contributed by atoms with Crippen molar-refractivity contribution >= 4 is 6.03 Å². The largest absolute Gasteiger partial charge is 0.408 e. The normalized spacial score (nSPS) is 17.5. The molecule has 1 aromatic rings. The van der Waals surface area contributed by atoms with E-state index in [1.807, 2.05) is 0 Å². The molecule has 1 aromatic heterocycles. The minimum Gasteiger partial charge on any atom is -0.361 e. The fourth-order valence-electron chi connectivity index (χ4n) is 2.87. The summed E-state index contributed by atoms with van der Waals surface area (Å²) in [5.41, 5.74) is 1.29. The van der Waals surface area contributed by atoms with Gasteiger partial charge in [0.1, 0.15) is 11.8 Å². The molecule has 1 aliphatic carbocycles. The molecule has 2 rings (SSSR count). The van der Waals surface area contributed by atoms with Crippen molar-refractivity contribution in [1.29, 1.82) is 0 Å². The molecule has 5 nitrogen and oxygen atoms in total. The van der Waals surface area contributed by atoms with E-state index in [0.717, 1.165) is 12.8 Å². The number of amides is 2. The molecule has 124 valence electrons. The van der Waals surface area contributed by atoms with Gasteiger partial charge in [-0.1, -0.05) is 18.0 Å². The number of carbonyl (C=O) groups is 1. The molecule has 0 spiro atoms. The van der Waals surface area contributed by atoms with Crippen LogP contribution in [-0.2, 0) is 6.54 Å². The van der Waals surface area contributed by atoms with Gasteiger partial charge < -0.3 is 15.2 Å². The standard InChI is InChI=1S/C14H20F3N3O2/c1-8-11(9(2)22-20-8)7-18-13(21)19-12(14(15,16)17)10-5-3-4-6-10/h10,12H,3-7H2,1-2H3,(H2,18,19,21)/t12-/m0/s1. The number of nitrogens with zero attached hydrogens (tertiary/aromatic N) is 1. The third-order valence-electron chi connectivity index (χ3n) is 4.12. The Labute approximate surface area is 126 Å². The van der Waals surface area contributed by atoms with E-state index in [4.69, 9.17) is 4.52 Å². The van der Waals surface area contributed by atoms with Crippen molar-refractivity contribution in [3.8, 4) is 0 Å². The van der Waals surface area contributed by atoms with Crippen LogP contribution < -0.4 is 10.6 Å². The van der Waals surface area contributed by atoms with Gasteiger partial charge in [0.15, 0.2) is 0 Å². The molecule has 0 unspecified atom stereocenters. The molecule has 2 N–H and O–H groups in total. The van der Waals surface area contributed by atoms with Gasteiger partial charge in [-0.2, -0.15) is 13.2 Å². The molecule has 0 aromatic carbocycles. The summed E-state index contributed by atoms with van der Waals surface area (Å²) < 4.78 is 44.3. The Morgan fingerprint density at radius 2 is 2.00 bits per heavy atom. The van der Waals surface area contributed by atoms with Crippen LogP contribution in [0.3, 0.4) is 0 Å². The second-order valence-corrected chi connectivity index (χ2v) is 5.69. The lowest BCUT2D eigenvalue weighted by Crippen LogP contribution is -2.52. The van der Waals surface area contributed by atoms with E-state index in [-0.39, 0.29) is 6.54 Å². The highest BCUT2D eigenvalue weighted by Crippen LogP contribution is 2.35. The lowest BCUT2D eigenvalue weighted by atomic mass is 9.98. The van der Waals surface area contributed by atoms with Crippen LogP contribution in [0, 0.1) is 19.8 Å². The summed E-state index contributed by atoms with van der Waals surface area (Å²) in [6.45, 7) is 3.48. The molecule has 0 radical (unpaired) electrons. The predicted molar refractivity (Wildman–Crippen MR) is 73.1 cm³/mol. The van der Waals surface area contributed by atoms with E-state index >= 15 is 0 Å². The maximum Gasteiger partial charge on any atom is 0.408 e. The number of aryl methyl sites for hydroxylation is 2. The average Bonchev–Trinajstić information content (AvgIpc) is 3.04. The highest BCUT2D eigenvalue weighted by atomic mass is 19.4. The summed E-state index contributed by atoms with van der Waals surface area (Å²) in [4.78, 5) is 11.8. The number of hydrogen-bond acceptors (Lipinski definition) is 3. The molecule has 2 amide bonds. The molecule has 0 saturated heterocycles. The van der Waals surface area contributed by atoms with Crippen molar-refractivity contribution in [2.45, 2.75) is 58.3 Å². The zero-order valence-electron chi connectivity index (χ0n) is 12.6. The van der Waals surface area contributed by atoms with Crippen LogP contribution in [0.1, 0.15) is 42.7 Å². The van der Waals surface area contributed by atoms with Crippen molar-refractivity contribution in [1.82, 2.24) is 15.8 Å². The van der Waals surface area contributed by atoms with Crippen LogP contribution in [-0.4, -0.2) is 23.4 Å². The molecule has 1 saturated carbocycles. The minimum absolute atomic E-state index is 0.0856. The topological polar surface area (TPSA) is 67.2 Å². The van der Waals surface area contributed by atoms with Gasteiger partial charge in [0.05, 0.1) is 5.69 Å². The van der Waals surface area contributed by atoms with E-state index in [1.165, 1.54) is 0 Å². The number of hydrogen-bond donors (Lipinski definition) is 2. The van der Waals surface area contributed by atoms with E-state index < -0.39 is 24.2 Å². The Morgan fingerprint density at radius 3 is 2.50 bits per heavy atom. The molecule has 1 atom stereocenters. The highest BCUT2D eigenvalue weighted by molar-refractivity contribution is 5.74. The average molecular weight is 319 g/mol. The number of carbonyl (C=O) groups excluding carboxylic acids is 1. The van der Waals surface area contributed by atoms with Crippen molar-refractivity contribution in [3.63, 3.8) is 0 Å². The SMILES string of the molecule is Cc1noc(C)c1CNC(=O)N[C@@H](C1CCCC1)C(F)(F)F. The van der Waals surface area contributed by atoms with Gasteiger partial charge in [-0.05, 0) is 32.6 Å². The van der Waals surface area contributed by atoms with Crippen LogP contribution in [0.5, 0.6) is 0 Å². The molecule has 0 bridgehead atoms. The summed E-state index contributed by atoms with van der Waals surface area (Å²) in [7, 11) is 0. The first-order valence-corrected chi connectivity index (χ1v) is 7.32. The van der Waals surface area contributed by atoms with E-state index in [9.17, 15) is 18.0 Å². The van der Waals surface area contributed by atoms with Crippen molar-refractivity contribution in [2.24, 2.45) is 5.92 Å². The number of rotatable bonds is 4. The quantitative estimate of drug-likeness (QED) is 0.895. The van der Waals surface area contributed by atoms with Crippen molar-refractivity contribution < 1.29 is 22.5 Å². The number of urea groups is 1. The number of aromatic nitrogens is 1. The Bertz CT molecular complexity index is 502. The molecule has 1 heterocycles. The Morgan fingerprint density at radius 1 is 1.36 bits per heavy atom. The third-order valence-corrected chi connectivity index (χ3v) is 4.12. The first-order chi connectivity index (χ1) is 10.3. The maximum absolute atomic E-state index is 13.1. The zero-order valence-corrected chi connectivity index (χ0v) is 12.6. The van der Waals surface area contributed by atoms with Gasteiger partial charge in [-0.25, -0.2) is 4.79 Å². The molecule has 1 aliphatic rings. The Kier molecular flexibility index (Phi) is 4.97. The number of alkyl halides is 3. The monoisotopic (exact) mass is 319 g/mol. The maximum atomic E-state index is 13.1. The van der Waals surface area contributed by atoms with Crippen LogP contribution in [0.15, 0.2) is 4.52 Å². The van der Waals surface area contributed by atoms with Gasteiger partial charge in [0.2, 0.25) is 0 Å². The second kappa shape index (κ2) is 6.58. The Hall–Kier alpha value is -1.73. The van der Waals surface area contributed by atoms with Gasteiger partial charge in [-0.3, -0.25) is 0 Å². The lowest BCUT2D eigenvalue weighted by Gasteiger charge is -2.27. The summed E-state index contributed by atoms with van der Waals surface area (Å²) in [6, 6.07) is -2.62. The summed E-state index contributed by atoms with van der Waals surface area (Å²) in [5.74, 6) is 0.00535. The molecular weight excluding hydrogens is 299 g/mol. The molecule has 0 aliphatic heterocycles. The third kappa shape index (κ3) is 3.92. The van der Waals surface area contributed by atoms with Crippen LogP contribution in [0.4, 0.5) is 18.0 Å². The van der Waals surface area contributed by atoms with E-state index in [2.05, 4.69) is 15.8 Å². The second-order valence-electron chi connectivity index (χ2n) is 5.69. The van der Waals surface area contributed by atoms with Gasteiger partial charge >= 0.3 is 12.2 Å². The molecule has 1 fully saturated rings. The van der Waals surface area contributed by atoms with Gasteiger partial charge in [0.25, 0.3) is 0 Å². The minimum atomic E-state index is -4.44. The number of nitrogens with one attached hydrogen (secondary N) is 2. The van der Waals surface area contributed by atoms with Crippen LogP contribution >= 0.6 is 0 Å². The zero-order chi connectivity index (χ0) is 16.3. The van der Waals surface area contributed by atoms with E-state index in [1.54, 1.807) is 13.8 Å². The first-order valence-electron chi connectivity index (χ1n) is 7.32. The molecule has 22 heavy (non-hydrogen) atoms. The van der Waals surface area contributed by atoms with Crippen molar-refractivity contribution in [2.75, 3.05) is 0 Å². The Balaban J connectivity index is 1.93. The fraction of sp³-hybridized carbons (Fsp3) is 0.714. The first kappa shape index (κ1) is 16.6. The smallest absolute Gasteiger partial charge is 0.361 e. The van der Waals surface area contributed by atoms with Gasteiger partial charge in [0, 0.05) is 12.1 Å². The van der Waals surface area contributed by atoms with Crippen LogP contribution in [0.2, 0.25) is 0 Å². The highest BCUT2D eigenvalue weighted by Gasteiger charge is 2.46. The summed E-state index contributed by atoms with van der Waals surface area (Å²) in [6.07, 6.45) is -1.89. The van der Waals surface area contributed by atoms with Crippen molar-refractivity contribution in [3.05, 3.63) is 17.0 Å². The van der Waals surface area contributed by atoms with Crippen LogP contribution in [0.25, 0.3) is 0 Å². The number of halogens is 3. The van der Waals surface area contributed by atoms with E-state index in [0.29, 0.717) is 29.9 Å². The lowest BCUT2D eigenvalue weighted by molar-refractivity contribution is -0.164. The summed E-state index contributed by atoms with van der Waals surface area (Å²) >= 11 is 0. The van der Waals surface area contributed by atoms with Gasteiger partial charge in [-0.15, -0.1) is 0 Å². The fourth-order valence-corrected chi connectivity index (χ4v) is 2.87. The molecule has 8 heteroatoms. The molecular formula is C14H20F3N3O2. The summed E-state index contributed by atoms with van der Waals surface area (Å²) in [5, 5.41) is 8.25. The predicted octanol–water partition coefficient (Wildman–Crippen LogP) is 3.21.